The van der Waals surface area contributed by atoms with Crippen molar-refractivity contribution in [2.24, 2.45) is 0 Å². The second-order valence-corrected chi connectivity index (χ2v) is 3.74. The molecule has 0 radical (unpaired) electrons. The van der Waals surface area contributed by atoms with E-state index in [0.717, 1.165) is 6.07 Å². The zero-order valence-corrected chi connectivity index (χ0v) is 11.1. The molecule has 20 heavy (non-hydrogen) atoms. The molecular weight excluding hydrogens is 266 g/mol. The highest BCUT2D eigenvalue weighted by Crippen LogP contribution is 2.25. The minimum Gasteiger partial charge on any atom is -0.462 e. The van der Waals surface area contributed by atoms with E-state index >= 15 is 0 Å². The molecule has 0 aromatic heterocycles. The largest absolute Gasteiger partial charge is 0.462 e. The monoisotopic (exact) mass is 281 g/mol. The van der Waals surface area contributed by atoms with Gasteiger partial charge in [-0.05, 0) is 19.1 Å². The third-order valence-corrected chi connectivity index (χ3v) is 2.36. The van der Waals surface area contributed by atoms with E-state index in [2.05, 4.69) is 10.9 Å². The highest BCUT2D eigenvalue weighted by molar-refractivity contribution is 5.91. The number of hydrogen-bond acceptors (Lipinski definition) is 6. The molecule has 0 unspecified atom stereocenters. The fraction of sp³-hybridized carbons (Fsp3) is 0.333. The minimum absolute atomic E-state index is 0.0749. The number of hydrazine groups is 1. The van der Waals surface area contributed by atoms with Crippen molar-refractivity contribution in [2.75, 3.05) is 12.0 Å². The van der Waals surface area contributed by atoms with Gasteiger partial charge in [0, 0.05) is 12.5 Å². The topological polar surface area (TPSA) is 111 Å². The van der Waals surface area contributed by atoms with Crippen LogP contribution < -0.4 is 10.9 Å². The van der Waals surface area contributed by atoms with E-state index in [1.165, 1.54) is 12.1 Å². The number of benzene rings is 1. The second-order valence-electron chi connectivity index (χ2n) is 3.74. The van der Waals surface area contributed by atoms with Crippen LogP contribution in [0.4, 0.5) is 11.4 Å². The van der Waals surface area contributed by atoms with Gasteiger partial charge in [-0.25, -0.2) is 4.79 Å². The first kappa shape index (κ1) is 15.4. The van der Waals surface area contributed by atoms with Gasteiger partial charge in [-0.15, -0.1) is 0 Å². The van der Waals surface area contributed by atoms with E-state index in [4.69, 9.17) is 4.74 Å². The normalized spacial score (nSPS) is 9.70. The average molecular weight is 281 g/mol. The van der Waals surface area contributed by atoms with Crippen molar-refractivity contribution in [3.63, 3.8) is 0 Å². The molecule has 0 atom stereocenters. The lowest BCUT2D eigenvalue weighted by Gasteiger charge is -2.09. The molecule has 8 nitrogen and oxygen atoms in total. The van der Waals surface area contributed by atoms with Gasteiger partial charge in [0.1, 0.15) is 5.69 Å². The minimum atomic E-state index is -0.650. The van der Waals surface area contributed by atoms with Crippen molar-refractivity contribution in [3.05, 3.63) is 33.9 Å². The van der Waals surface area contributed by atoms with Gasteiger partial charge in [0.05, 0.1) is 17.1 Å². The lowest BCUT2D eigenvalue weighted by molar-refractivity contribution is -0.384. The summed E-state index contributed by atoms with van der Waals surface area (Å²) in [5, 5.41) is 11.0. The molecule has 1 aromatic rings. The fourth-order valence-electron chi connectivity index (χ4n) is 1.36. The fourth-order valence-corrected chi connectivity index (χ4v) is 1.36. The molecule has 108 valence electrons. The Balaban J connectivity index is 2.99. The first-order chi connectivity index (χ1) is 9.49. The van der Waals surface area contributed by atoms with Crippen molar-refractivity contribution in [1.82, 2.24) is 5.43 Å². The predicted molar refractivity (Wildman–Crippen MR) is 71.1 cm³/mol. The molecule has 2 N–H and O–H groups in total. The number of carbonyl (C=O) groups is 2. The highest BCUT2D eigenvalue weighted by atomic mass is 16.6. The van der Waals surface area contributed by atoms with E-state index in [1.807, 2.05) is 0 Å². The molecule has 0 aliphatic rings. The molecule has 0 fully saturated rings. The summed E-state index contributed by atoms with van der Waals surface area (Å²) in [6.45, 7) is 3.47. The Morgan fingerprint density at radius 3 is 2.60 bits per heavy atom. The summed E-state index contributed by atoms with van der Waals surface area (Å²) in [4.78, 5) is 32.9. The van der Waals surface area contributed by atoms with Gasteiger partial charge in [-0.2, -0.15) is 0 Å². The highest BCUT2D eigenvalue weighted by Gasteiger charge is 2.18. The number of nitrogens with zero attached hydrogens (tertiary/aromatic N) is 1. The molecule has 0 aliphatic heterocycles. The number of ether oxygens (including phenoxy) is 1. The Morgan fingerprint density at radius 1 is 1.35 bits per heavy atom. The van der Waals surface area contributed by atoms with Gasteiger partial charge in [-0.3, -0.25) is 25.8 Å². The number of nitrogens with one attached hydrogen (secondary N) is 2. The Bertz CT molecular complexity index is 530. The molecule has 0 bridgehead atoms. The van der Waals surface area contributed by atoms with Crippen LogP contribution in [0.1, 0.15) is 30.6 Å². The molecule has 0 heterocycles. The molecule has 1 rings (SSSR count). The molecule has 0 saturated heterocycles. The summed E-state index contributed by atoms with van der Waals surface area (Å²) in [6, 6.07) is 3.81. The van der Waals surface area contributed by atoms with Gasteiger partial charge in [0.2, 0.25) is 5.91 Å². The van der Waals surface area contributed by atoms with Gasteiger partial charge in [0.25, 0.3) is 5.69 Å². The van der Waals surface area contributed by atoms with Gasteiger partial charge in [-0.1, -0.05) is 6.92 Å². The number of amides is 1. The summed E-state index contributed by atoms with van der Waals surface area (Å²) in [5.74, 6) is -0.950. The van der Waals surface area contributed by atoms with E-state index in [-0.39, 0.29) is 35.9 Å². The molecule has 0 spiro atoms. The zero-order chi connectivity index (χ0) is 15.1. The molecule has 0 saturated carbocycles. The SMILES string of the molecule is CCOC(=O)c1ccc(NNC(=O)CC)c([N+](=O)[O-])c1. The Hall–Kier alpha value is -2.64. The number of nitro groups is 1. The number of carbonyl (C=O) groups excluding carboxylic acids is 2. The van der Waals surface area contributed by atoms with Crippen LogP contribution in [0.15, 0.2) is 18.2 Å². The summed E-state index contributed by atoms with van der Waals surface area (Å²) in [5.41, 5.74) is 4.59. The van der Waals surface area contributed by atoms with Crippen molar-refractivity contribution < 1.29 is 19.2 Å². The second kappa shape index (κ2) is 7.07. The maximum atomic E-state index is 11.5. The summed E-state index contributed by atoms with van der Waals surface area (Å²) >= 11 is 0. The molecule has 1 aromatic carbocycles. The maximum absolute atomic E-state index is 11.5. The number of hydrogen-bond donors (Lipinski definition) is 2. The van der Waals surface area contributed by atoms with Crippen molar-refractivity contribution in [3.8, 4) is 0 Å². The van der Waals surface area contributed by atoms with Crippen molar-refractivity contribution in [1.29, 1.82) is 0 Å². The summed E-state index contributed by atoms with van der Waals surface area (Å²) in [6.07, 6.45) is 0.238. The van der Waals surface area contributed by atoms with Crippen LogP contribution in [-0.2, 0) is 9.53 Å². The van der Waals surface area contributed by atoms with E-state index in [1.54, 1.807) is 13.8 Å². The molecule has 0 aliphatic carbocycles. The third kappa shape index (κ3) is 3.94. The van der Waals surface area contributed by atoms with Gasteiger partial charge < -0.3 is 4.74 Å². The maximum Gasteiger partial charge on any atom is 0.338 e. The van der Waals surface area contributed by atoms with Crippen LogP contribution in [0.2, 0.25) is 0 Å². The summed E-state index contributed by atoms with van der Waals surface area (Å²) in [7, 11) is 0. The van der Waals surface area contributed by atoms with Gasteiger partial charge in [0.15, 0.2) is 0 Å². The third-order valence-electron chi connectivity index (χ3n) is 2.36. The van der Waals surface area contributed by atoms with Crippen molar-refractivity contribution in [2.45, 2.75) is 20.3 Å². The number of esters is 1. The quantitative estimate of drug-likeness (QED) is 0.465. The predicted octanol–water partition coefficient (Wildman–Crippen LogP) is 1.62. The number of rotatable bonds is 6. The smallest absolute Gasteiger partial charge is 0.338 e. The lowest BCUT2D eigenvalue weighted by Crippen LogP contribution is -2.28. The van der Waals surface area contributed by atoms with E-state index in [9.17, 15) is 19.7 Å². The average Bonchev–Trinajstić information content (AvgIpc) is 2.44. The van der Waals surface area contributed by atoms with Crippen molar-refractivity contribution >= 4 is 23.3 Å². The van der Waals surface area contributed by atoms with Crippen LogP contribution >= 0.6 is 0 Å². The molecule has 8 heteroatoms. The standard InChI is InChI=1S/C12H15N3O5/c1-3-11(16)14-13-9-6-5-8(12(17)20-4-2)7-10(9)15(18)19/h5-7,13H,3-4H2,1-2H3,(H,14,16). The van der Waals surface area contributed by atoms with Crippen LogP contribution in [-0.4, -0.2) is 23.4 Å². The van der Waals surface area contributed by atoms with Crippen LogP contribution in [0.25, 0.3) is 0 Å². The molecule has 1 amide bonds. The number of nitro benzene ring substituents is 1. The van der Waals surface area contributed by atoms with E-state index < -0.39 is 10.9 Å². The zero-order valence-electron chi connectivity index (χ0n) is 11.1. The number of anilines is 1. The van der Waals surface area contributed by atoms with E-state index in [0.29, 0.717) is 0 Å². The molecular formula is C12H15N3O5. The Morgan fingerprint density at radius 2 is 2.05 bits per heavy atom. The first-order valence-electron chi connectivity index (χ1n) is 6.00. The first-order valence-corrected chi connectivity index (χ1v) is 6.00. The summed E-state index contributed by atoms with van der Waals surface area (Å²) < 4.78 is 4.77. The van der Waals surface area contributed by atoms with Crippen LogP contribution in [0.3, 0.4) is 0 Å². The van der Waals surface area contributed by atoms with Gasteiger partial charge >= 0.3 is 5.97 Å². The van der Waals surface area contributed by atoms with Crippen LogP contribution in [0, 0.1) is 10.1 Å². The Labute approximate surface area is 115 Å². The lowest BCUT2D eigenvalue weighted by atomic mass is 10.2. The van der Waals surface area contributed by atoms with Crippen LogP contribution in [0.5, 0.6) is 0 Å². The Kier molecular flexibility index (Phi) is 5.45.